The lowest BCUT2D eigenvalue weighted by atomic mass is 10.0. The molecular weight excluding hydrogens is 348 g/mol. The summed E-state index contributed by atoms with van der Waals surface area (Å²) in [6.07, 6.45) is 3.13. The molecule has 0 heterocycles. The predicted molar refractivity (Wildman–Crippen MR) is 101 cm³/mol. The van der Waals surface area contributed by atoms with Crippen molar-refractivity contribution in [1.82, 2.24) is 0 Å². The zero-order valence-electron chi connectivity index (χ0n) is 15.0. The van der Waals surface area contributed by atoms with Crippen molar-refractivity contribution >= 4 is 12.1 Å². The second-order valence-corrected chi connectivity index (χ2v) is 6.12. The molecule has 0 unspecified atom stereocenters. The Bertz CT molecular complexity index is 854. The summed E-state index contributed by atoms with van der Waals surface area (Å²) in [4.78, 5) is 22.8. The van der Waals surface area contributed by atoms with E-state index in [4.69, 9.17) is 4.74 Å². The van der Waals surface area contributed by atoms with Crippen molar-refractivity contribution in [2.75, 3.05) is 7.11 Å². The van der Waals surface area contributed by atoms with E-state index in [1.165, 1.54) is 25.3 Å². The number of phenolic OH excluding ortho intramolecular Hbond substituents is 2. The number of phenols is 2. The minimum absolute atomic E-state index is 0.0379. The fourth-order valence-electron chi connectivity index (χ4n) is 2.60. The first-order valence-corrected chi connectivity index (χ1v) is 8.48. The number of aldehydes is 1. The summed E-state index contributed by atoms with van der Waals surface area (Å²) in [5.41, 5.74) is 1.81. The van der Waals surface area contributed by atoms with Crippen LogP contribution in [0.1, 0.15) is 34.3 Å². The summed E-state index contributed by atoms with van der Waals surface area (Å²) in [5.74, 6) is 0.0522. The van der Waals surface area contributed by atoms with Crippen LogP contribution in [0.25, 0.3) is 0 Å². The summed E-state index contributed by atoms with van der Waals surface area (Å²) in [7, 11) is 1.46. The number of carbonyl (C=O) groups is 2. The number of aliphatic hydroxyl groups excluding tert-OH is 1. The van der Waals surface area contributed by atoms with Crippen LogP contribution in [0, 0.1) is 0 Å². The van der Waals surface area contributed by atoms with E-state index in [1.807, 2.05) is 0 Å². The summed E-state index contributed by atoms with van der Waals surface area (Å²) in [6.45, 7) is 0. The van der Waals surface area contributed by atoms with Crippen molar-refractivity contribution in [1.29, 1.82) is 0 Å². The monoisotopic (exact) mass is 370 g/mol. The quantitative estimate of drug-likeness (QED) is 0.355. The lowest BCUT2D eigenvalue weighted by Crippen LogP contribution is -1.99. The molecule has 0 atom stereocenters. The van der Waals surface area contributed by atoms with E-state index in [-0.39, 0.29) is 41.4 Å². The van der Waals surface area contributed by atoms with E-state index in [9.17, 15) is 24.9 Å². The average Bonchev–Trinajstić information content (AvgIpc) is 2.66. The number of ether oxygens (including phenoxy) is 1. The molecule has 0 aliphatic carbocycles. The Morgan fingerprint density at radius 1 is 1.00 bits per heavy atom. The Hall–Kier alpha value is -3.28. The van der Waals surface area contributed by atoms with Crippen LogP contribution >= 0.6 is 0 Å². The summed E-state index contributed by atoms with van der Waals surface area (Å²) < 4.78 is 5.03. The molecule has 0 saturated heterocycles. The van der Waals surface area contributed by atoms with Crippen LogP contribution in [0.15, 0.2) is 48.2 Å². The molecule has 0 aliphatic rings. The molecule has 0 fully saturated rings. The van der Waals surface area contributed by atoms with Gasteiger partial charge in [0.05, 0.1) is 18.4 Å². The number of hydrogen-bond acceptors (Lipinski definition) is 6. The Balaban J connectivity index is 1.88. The molecule has 0 bridgehead atoms. The van der Waals surface area contributed by atoms with Gasteiger partial charge in [-0.05, 0) is 48.2 Å². The molecule has 6 heteroatoms. The van der Waals surface area contributed by atoms with Gasteiger partial charge in [-0.25, -0.2) is 0 Å². The number of methoxy groups -OCH3 is 1. The van der Waals surface area contributed by atoms with Crippen molar-refractivity contribution in [3.8, 4) is 17.2 Å². The number of allylic oxidation sites excluding steroid dienone is 2. The van der Waals surface area contributed by atoms with Crippen molar-refractivity contribution in [2.24, 2.45) is 0 Å². The number of aliphatic hydroxyl groups is 1. The second-order valence-electron chi connectivity index (χ2n) is 6.12. The van der Waals surface area contributed by atoms with Crippen molar-refractivity contribution in [3.63, 3.8) is 0 Å². The summed E-state index contributed by atoms with van der Waals surface area (Å²) >= 11 is 0. The van der Waals surface area contributed by atoms with E-state index in [0.717, 1.165) is 11.1 Å². The first kappa shape index (κ1) is 20.0. The number of rotatable bonds is 9. The minimum Gasteiger partial charge on any atom is -0.512 e. The van der Waals surface area contributed by atoms with Crippen LogP contribution in [0.5, 0.6) is 17.2 Å². The molecule has 0 radical (unpaired) electrons. The van der Waals surface area contributed by atoms with Gasteiger partial charge in [-0.15, -0.1) is 0 Å². The van der Waals surface area contributed by atoms with Gasteiger partial charge in [0, 0.05) is 18.9 Å². The Kier molecular flexibility index (Phi) is 7.00. The van der Waals surface area contributed by atoms with Gasteiger partial charge in [0.2, 0.25) is 0 Å². The van der Waals surface area contributed by atoms with Gasteiger partial charge in [0.15, 0.2) is 23.6 Å². The number of hydrogen-bond donors (Lipinski definition) is 3. The fourth-order valence-corrected chi connectivity index (χ4v) is 2.60. The highest BCUT2D eigenvalue weighted by atomic mass is 16.5. The topological polar surface area (TPSA) is 104 Å². The lowest BCUT2D eigenvalue weighted by Gasteiger charge is -2.06. The second kappa shape index (κ2) is 9.43. The van der Waals surface area contributed by atoms with Crippen LogP contribution in [-0.2, 0) is 17.6 Å². The highest BCUT2D eigenvalue weighted by Crippen LogP contribution is 2.26. The van der Waals surface area contributed by atoms with Gasteiger partial charge in [0.1, 0.15) is 5.75 Å². The third-order valence-electron chi connectivity index (χ3n) is 4.12. The summed E-state index contributed by atoms with van der Waals surface area (Å²) in [5, 5.41) is 29.0. The SMILES string of the molecule is COc1cc(CCC(=O)C=C(O)CCc2ccc(O)c(C=O)c2)ccc1O. The first-order chi connectivity index (χ1) is 12.9. The fraction of sp³-hybridized carbons (Fsp3) is 0.238. The number of benzene rings is 2. The molecule has 0 aliphatic heterocycles. The Labute approximate surface area is 157 Å². The van der Waals surface area contributed by atoms with Gasteiger partial charge in [-0.3, -0.25) is 9.59 Å². The third kappa shape index (κ3) is 5.88. The molecule has 0 spiro atoms. The van der Waals surface area contributed by atoms with Crippen LogP contribution in [0.4, 0.5) is 0 Å². The zero-order chi connectivity index (χ0) is 19.8. The highest BCUT2D eigenvalue weighted by molar-refractivity contribution is 5.90. The van der Waals surface area contributed by atoms with E-state index >= 15 is 0 Å². The molecule has 0 amide bonds. The van der Waals surface area contributed by atoms with E-state index < -0.39 is 0 Å². The molecule has 6 nitrogen and oxygen atoms in total. The molecule has 2 aromatic rings. The predicted octanol–water partition coefficient (Wildman–Crippen LogP) is 3.50. The highest BCUT2D eigenvalue weighted by Gasteiger charge is 2.07. The smallest absolute Gasteiger partial charge is 0.160 e. The summed E-state index contributed by atoms with van der Waals surface area (Å²) in [6, 6.07) is 9.53. The standard InChI is InChI=1S/C21H22O6/c1-27-21-11-15(5-9-20(21)26)3-7-18(24)12-17(23)6-2-14-4-8-19(25)16(10-14)13-22/h4-5,8-13,23,25-26H,2-3,6-7H2,1H3. The number of aryl methyl sites for hydroxylation is 2. The Morgan fingerprint density at radius 2 is 1.63 bits per heavy atom. The Morgan fingerprint density at radius 3 is 2.30 bits per heavy atom. The average molecular weight is 370 g/mol. The number of carbonyl (C=O) groups excluding carboxylic acids is 2. The van der Waals surface area contributed by atoms with Gasteiger partial charge < -0.3 is 20.1 Å². The number of aromatic hydroxyl groups is 2. The van der Waals surface area contributed by atoms with Crippen LogP contribution in [0.2, 0.25) is 0 Å². The van der Waals surface area contributed by atoms with E-state index in [2.05, 4.69) is 0 Å². The maximum atomic E-state index is 12.0. The van der Waals surface area contributed by atoms with Gasteiger partial charge in [-0.1, -0.05) is 12.1 Å². The zero-order valence-corrected chi connectivity index (χ0v) is 15.0. The van der Waals surface area contributed by atoms with Crippen LogP contribution in [0.3, 0.4) is 0 Å². The van der Waals surface area contributed by atoms with Crippen molar-refractivity contribution in [3.05, 3.63) is 64.9 Å². The van der Waals surface area contributed by atoms with E-state index in [0.29, 0.717) is 24.9 Å². The minimum atomic E-state index is -0.209. The molecule has 2 rings (SSSR count). The lowest BCUT2D eigenvalue weighted by molar-refractivity contribution is -0.114. The van der Waals surface area contributed by atoms with Crippen molar-refractivity contribution < 1.29 is 29.6 Å². The molecule has 3 N–H and O–H groups in total. The van der Waals surface area contributed by atoms with Crippen LogP contribution in [-0.4, -0.2) is 34.5 Å². The largest absolute Gasteiger partial charge is 0.512 e. The van der Waals surface area contributed by atoms with Gasteiger partial charge in [0.25, 0.3) is 0 Å². The maximum absolute atomic E-state index is 12.0. The van der Waals surface area contributed by atoms with Crippen molar-refractivity contribution in [2.45, 2.75) is 25.7 Å². The van der Waals surface area contributed by atoms with Crippen LogP contribution < -0.4 is 4.74 Å². The number of ketones is 1. The van der Waals surface area contributed by atoms with E-state index in [1.54, 1.807) is 24.3 Å². The molecule has 2 aromatic carbocycles. The van der Waals surface area contributed by atoms with Gasteiger partial charge >= 0.3 is 0 Å². The third-order valence-corrected chi connectivity index (χ3v) is 4.12. The first-order valence-electron chi connectivity index (χ1n) is 8.48. The molecule has 27 heavy (non-hydrogen) atoms. The molecule has 0 aromatic heterocycles. The maximum Gasteiger partial charge on any atom is 0.160 e. The molecule has 142 valence electrons. The molecular formula is C21H22O6. The normalized spacial score (nSPS) is 11.2. The van der Waals surface area contributed by atoms with Gasteiger partial charge in [-0.2, -0.15) is 0 Å². The molecule has 0 saturated carbocycles.